The molecule has 0 unspecified atom stereocenters. The van der Waals surface area contributed by atoms with Crippen molar-refractivity contribution in [1.82, 2.24) is 10.2 Å². The first-order valence-corrected chi connectivity index (χ1v) is 6.59. The third-order valence-corrected chi connectivity index (χ3v) is 4.05. The number of rotatable bonds is 2. The van der Waals surface area contributed by atoms with E-state index in [2.05, 4.69) is 26.1 Å². The molecule has 2 rings (SSSR count). The summed E-state index contributed by atoms with van der Waals surface area (Å²) >= 11 is 0. The van der Waals surface area contributed by atoms with Crippen molar-refractivity contribution < 1.29 is 9.59 Å². The van der Waals surface area contributed by atoms with Crippen LogP contribution in [0.15, 0.2) is 0 Å². The highest BCUT2D eigenvalue weighted by Crippen LogP contribution is 2.39. The fraction of sp³-hybridized carbons (Fsp3) is 0.846. The molecule has 2 fully saturated rings. The fourth-order valence-corrected chi connectivity index (χ4v) is 2.96. The molecule has 1 N–H and O–H groups in total. The van der Waals surface area contributed by atoms with Crippen LogP contribution in [0.4, 0.5) is 4.79 Å². The first kappa shape index (κ1) is 12.4. The summed E-state index contributed by atoms with van der Waals surface area (Å²) in [4.78, 5) is 25.7. The Morgan fingerprint density at radius 1 is 1.35 bits per heavy atom. The number of nitrogens with one attached hydrogen (secondary N) is 1. The summed E-state index contributed by atoms with van der Waals surface area (Å²) in [7, 11) is 0. The Balaban J connectivity index is 2.22. The SMILES string of the molecule is CC(C)CN1C(=O)NC(=O)C12CCC(C)CC2. The molecule has 1 saturated heterocycles. The highest BCUT2D eigenvalue weighted by Gasteiger charge is 2.53. The van der Waals surface area contributed by atoms with Gasteiger partial charge in [-0.3, -0.25) is 10.1 Å². The molecule has 17 heavy (non-hydrogen) atoms. The minimum absolute atomic E-state index is 0.0740. The molecule has 1 aliphatic carbocycles. The largest absolute Gasteiger partial charge is 0.325 e. The van der Waals surface area contributed by atoms with Crippen LogP contribution in [0.1, 0.15) is 46.5 Å². The molecule has 0 radical (unpaired) electrons. The first-order chi connectivity index (χ1) is 7.95. The zero-order valence-electron chi connectivity index (χ0n) is 11.0. The number of hydrogen-bond donors (Lipinski definition) is 1. The standard InChI is InChI=1S/C13H22N2O2/c1-9(2)8-15-12(17)14-11(16)13(15)6-4-10(3)5-7-13/h9-10H,4-8H2,1-3H3,(H,14,16,17). The van der Waals surface area contributed by atoms with Crippen LogP contribution in [0.3, 0.4) is 0 Å². The van der Waals surface area contributed by atoms with Crippen molar-refractivity contribution in [3.63, 3.8) is 0 Å². The van der Waals surface area contributed by atoms with Crippen molar-refractivity contribution in [1.29, 1.82) is 0 Å². The molecule has 96 valence electrons. The summed E-state index contributed by atoms with van der Waals surface area (Å²) in [6.07, 6.45) is 3.71. The molecule has 1 saturated carbocycles. The molecule has 1 aliphatic heterocycles. The van der Waals surface area contributed by atoms with Crippen molar-refractivity contribution in [2.24, 2.45) is 11.8 Å². The molecule has 0 bridgehead atoms. The van der Waals surface area contributed by atoms with E-state index in [4.69, 9.17) is 0 Å². The van der Waals surface area contributed by atoms with Gasteiger partial charge in [0.1, 0.15) is 5.54 Å². The Morgan fingerprint density at radius 3 is 2.47 bits per heavy atom. The normalized spacial score (nSPS) is 33.6. The molecule has 4 heteroatoms. The van der Waals surface area contributed by atoms with Crippen molar-refractivity contribution in [2.75, 3.05) is 6.54 Å². The van der Waals surface area contributed by atoms with Gasteiger partial charge in [0.15, 0.2) is 0 Å². The summed E-state index contributed by atoms with van der Waals surface area (Å²) < 4.78 is 0. The van der Waals surface area contributed by atoms with Gasteiger partial charge in [-0.1, -0.05) is 20.8 Å². The topological polar surface area (TPSA) is 49.4 Å². The maximum absolute atomic E-state index is 12.1. The van der Waals surface area contributed by atoms with Gasteiger partial charge in [0.2, 0.25) is 0 Å². The van der Waals surface area contributed by atoms with Gasteiger partial charge in [-0.05, 0) is 37.5 Å². The molecule has 2 aliphatic rings. The lowest BCUT2D eigenvalue weighted by atomic mass is 9.76. The van der Waals surface area contributed by atoms with Crippen LogP contribution in [0.5, 0.6) is 0 Å². The highest BCUT2D eigenvalue weighted by atomic mass is 16.2. The Labute approximate surface area is 103 Å². The second-order valence-corrected chi connectivity index (χ2v) is 5.98. The Bertz CT molecular complexity index is 330. The predicted molar refractivity (Wildman–Crippen MR) is 65.4 cm³/mol. The van der Waals surface area contributed by atoms with Gasteiger partial charge in [0, 0.05) is 6.54 Å². The molecule has 1 heterocycles. The Hall–Kier alpha value is -1.06. The molecule has 3 amide bonds. The average Bonchev–Trinajstić information content (AvgIpc) is 2.47. The number of imide groups is 1. The first-order valence-electron chi connectivity index (χ1n) is 6.59. The van der Waals surface area contributed by atoms with E-state index in [0.717, 1.165) is 25.7 Å². The second-order valence-electron chi connectivity index (χ2n) is 5.98. The van der Waals surface area contributed by atoms with E-state index >= 15 is 0 Å². The number of hydrogen-bond acceptors (Lipinski definition) is 2. The Morgan fingerprint density at radius 2 is 1.94 bits per heavy atom. The molecule has 1 spiro atoms. The van der Waals surface area contributed by atoms with Crippen LogP contribution in [-0.2, 0) is 4.79 Å². The number of carbonyl (C=O) groups excluding carboxylic acids is 2. The monoisotopic (exact) mass is 238 g/mol. The van der Waals surface area contributed by atoms with Gasteiger partial charge in [-0.15, -0.1) is 0 Å². The zero-order valence-corrected chi connectivity index (χ0v) is 11.0. The van der Waals surface area contributed by atoms with Gasteiger partial charge < -0.3 is 4.90 Å². The van der Waals surface area contributed by atoms with Crippen molar-refractivity contribution in [3.05, 3.63) is 0 Å². The van der Waals surface area contributed by atoms with E-state index in [-0.39, 0.29) is 11.9 Å². The third-order valence-electron chi connectivity index (χ3n) is 4.05. The number of carbonyl (C=O) groups is 2. The highest BCUT2D eigenvalue weighted by molar-refractivity contribution is 6.07. The van der Waals surface area contributed by atoms with Crippen LogP contribution in [0, 0.1) is 11.8 Å². The summed E-state index contributed by atoms with van der Waals surface area (Å²) in [5.41, 5.74) is -0.534. The van der Waals surface area contributed by atoms with Crippen molar-refractivity contribution in [2.45, 2.75) is 52.0 Å². The molecule has 0 aromatic rings. The number of amides is 3. The molecular formula is C13H22N2O2. The van der Waals surface area contributed by atoms with Crippen molar-refractivity contribution >= 4 is 11.9 Å². The quantitative estimate of drug-likeness (QED) is 0.749. The lowest BCUT2D eigenvalue weighted by Crippen LogP contribution is -2.52. The zero-order chi connectivity index (χ0) is 12.6. The molecule has 0 aromatic heterocycles. The number of nitrogens with zero attached hydrogens (tertiary/aromatic N) is 1. The summed E-state index contributed by atoms with van der Waals surface area (Å²) in [6.45, 7) is 7.05. The summed E-state index contributed by atoms with van der Waals surface area (Å²) in [5.74, 6) is 0.989. The molecule has 0 aromatic carbocycles. The van der Waals surface area contributed by atoms with Gasteiger partial charge in [-0.2, -0.15) is 0 Å². The Kier molecular flexibility index (Phi) is 3.15. The summed E-state index contributed by atoms with van der Waals surface area (Å²) in [6, 6.07) is -0.196. The predicted octanol–water partition coefficient (Wildman–Crippen LogP) is 2.14. The lowest BCUT2D eigenvalue weighted by Gasteiger charge is -2.40. The average molecular weight is 238 g/mol. The van der Waals surface area contributed by atoms with Gasteiger partial charge in [0.25, 0.3) is 5.91 Å². The molecule has 4 nitrogen and oxygen atoms in total. The van der Waals surface area contributed by atoms with E-state index in [1.54, 1.807) is 4.90 Å². The third kappa shape index (κ3) is 2.05. The van der Waals surface area contributed by atoms with Gasteiger partial charge >= 0.3 is 6.03 Å². The van der Waals surface area contributed by atoms with E-state index in [0.29, 0.717) is 18.4 Å². The maximum atomic E-state index is 12.1. The minimum Gasteiger partial charge on any atom is -0.309 e. The smallest absolute Gasteiger partial charge is 0.309 e. The minimum atomic E-state index is -0.534. The van der Waals surface area contributed by atoms with E-state index < -0.39 is 5.54 Å². The number of urea groups is 1. The lowest BCUT2D eigenvalue weighted by molar-refractivity contribution is -0.128. The molecular weight excluding hydrogens is 216 g/mol. The second kappa shape index (κ2) is 4.31. The molecule has 0 atom stereocenters. The van der Waals surface area contributed by atoms with E-state index in [9.17, 15) is 9.59 Å². The van der Waals surface area contributed by atoms with Crippen LogP contribution in [0.25, 0.3) is 0 Å². The van der Waals surface area contributed by atoms with Gasteiger partial charge in [0.05, 0.1) is 0 Å². The summed E-state index contributed by atoms with van der Waals surface area (Å²) in [5, 5.41) is 2.50. The van der Waals surface area contributed by atoms with Crippen LogP contribution in [-0.4, -0.2) is 28.9 Å². The van der Waals surface area contributed by atoms with Crippen LogP contribution < -0.4 is 5.32 Å². The van der Waals surface area contributed by atoms with Crippen molar-refractivity contribution in [3.8, 4) is 0 Å². The maximum Gasteiger partial charge on any atom is 0.325 e. The van der Waals surface area contributed by atoms with E-state index in [1.807, 2.05) is 0 Å². The van der Waals surface area contributed by atoms with Gasteiger partial charge in [-0.25, -0.2) is 4.79 Å². The van der Waals surface area contributed by atoms with Crippen LogP contribution >= 0.6 is 0 Å². The fourth-order valence-electron chi connectivity index (χ4n) is 2.96. The van der Waals surface area contributed by atoms with Crippen LogP contribution in [0.2, 0.25) is 0 Å². The van der Waals surface area contributed by atoms with E-state index in [1.165, 1.54) is 0 Å².